The summed E-state index contributed by atoms with van der Waals surface area (Å²) < 4.78 is 0. The van der Waals surface area contributed by atoms with E-state index in [-0.39, 0.29) is 5.78 Å². The molecule has 1 aliphatic rings. The highest BCUT2D eigenvalue weighted by Crippen LogP contribution is 2.47. The van der Waals surface area contributed by atoms with Crippen molar-refractivity contribution < 1.29 is 4.79 Å². The van der Waals surface area contributed by atoms with E-state index in [2.05, 4.69) is 37.1 Å². The van der Waals surface area contributed by atoms with Gasteiger partial charge in [0.2, 0.25) is 0 Å². The molecule has 0 bridgehead atoms. The number of aryl methyl sites for hydroxylation is 1. The van der Waals surface area contributed by atoms with Crippen LogP contribution in [0.1, 0.15) is 22.8 Å². The van der Waals surface area contributed by atoms with Gasteiger partial charge in [-0.2, -0.15) is 0 Å². The van der Waals surface area contributed by atoms with Crippen LogP contribution in [0.25, 0.3) is 0 Å². The van der Waals surface area contributed by atoms with Crippen LogP contribution in [0.3, 0.4) is 0 Å². The Morgan fingerprint density at radius 3 is 2.58 bits per heavy atom. The van der Waals surface area contributed by atoms with Gasteiger partial charge in [0.15, 0.2) is 5.78 Å². The lowest BCUT2D eigenvalue weighted by molar-refractivity contribution is 0.101. The Bertz CT molecular complexity index is 678. The second-order valence-electron chi connectivity index (χ2n) is 4.87. The molecule has 2 aromatic rings. The highest BCUT2D eigenvalue weighted by atomic mass is 32.2. The summed E-state index contributed by atoms with van der Waals surface area (Å²) in [6, 6.07) is 12.4. The lowest BCUT2D eigenvalue weighted by Crippen LogP contribution is -2.15. The molecule has 0 amide bonds. The molecule has 2 aromatic carbocycles. The maximum absolute atomic E-state index is 11.5. The van der Waals surface area contributed by atoms with Crippen molar-refractivity contribution in [3.8, 4) is 0 Å². The molecule has 96 valence electrons. The summed E-state index contributed by atoms with van der Waals surface area (Å²) in [5.41, 5.74) is 4.34. The average molecular weight is 269 g/mol. The van der Waals surface area contributed by atoms with Gasteiger partial charge in [-0.15, -0.1) is 0 Å². The molecule has 0 aliphatic carbocycles. The van der Waals surface area contributed by atoms with Crippen LogP contribution < -0.4 is 4.90 Å². The van der Waals surface area contributed by atoms with Gasteiger partial charge in [0.25, 0.3) is 0 Å². The fourth-order valence-corrected chi connectivity index (χ4v) is 3.54. The zero-order chi connectivity index (χ0) is 13.6. The summed E-state index contributed by atoms with van der Waals surface area (Å²) >= 11 is 1.77. The number of ketones is 1. The van der Waals surface area contributed by atoms with Crippen molar-refractivity contribution >= 4 is 28.9 Å². The third-order valence-corrected chi connectivity index (χ3v) is 4.54. The largest absolute Gasteiger partial charge is 0.343 e. The van der Waals surface area contributed by atoms with E-state index in [1.165, 1.54) is 21.0 Å². The zero-order valence-corrected chi connectivity index (χ0v) is 12.0. The van der Waals surface area contributed by atoms with Crippen LogP contribution in [0, 0.1) is 6.92 Å². The normalized spacial score (nSPS) is 12.9. The first-order valence-corrected chi connectivity index (χ1v) is 7.05. The second kappa shape index (κ2) is 4.42. The first kappa shape index (κ1) is 12.3. The maximum atomic E-state index is 11.5. The molecule has 0 radical (unpaired) electrons. The van der Waals surface area contributed by atoms with Gasteiger partial charge >= 0.3 is 0 Å². The van der Waals surface area contributed by atoms with Gasteiger partial charge in [0.1, 0.15) is 0 Å². The van der Waals surface area contributed by atoms with Crippen LogP contribution >= 0.6 is 11.8 Å². The molecule has 0 aromatic heterocycles. The van der Waals surface area contributed by atoms with E-state index in [0.29, 0.717) is 0 Å². The van der Waals surface area contributed by atoms with E-state index in [1.807, 2.05) is 18.2 Å². The van der Waals surface area contributed by atoms with Crippen LogP contribution in [0.15, 0.2) is 46.2 Å². The van der Waals surface area contributed by atoms with Gasteiger partial charge in [0.05, 0.1) is 11.4 Å². The third-order valence-electron chi connectivity index (χ3n) is 3.42. The van der Waals surface area contributed by atoms with E-state index in [9.17, 15) is 4.79 Å². The summed E-state index contributed by atoms with van der Waals surface area (Å²) in [5.74, 6) is 0.107. The minimum atomic E-state index is 0.107. The molecule has 1 heterocycles. The molecule has 0 N–H and O–H groups in total. The molecule has 0 saturated heterocycles. The number of carbonyl (C=O) groups excluding carboxylic acids is 1. The number of rotatable bonds is 1. The number of benzene rings is 2. The molecule has 0 spiro atoms. The highest BCUT2D eigenvalue weighted by Gasteiger charge is 2.21. The Morgan fingerprint density at radius 1 is 1.05 bits per heavy atom. The Morgan fingerprint density at radius 2 is 1.84 bits per heavy atom. The second-order valence-corrected chi connectivity index (χ2v) is 5.95. The third kappa shape index (κ3) is 2.04. The van der Waals surface area contributed by atoms with E-state index in [0.717, 1.165) is 11.3 Å². The van der Waals surface area contributed by atoms with E-state index >= 15 is 0 Å². The molecular formula is C16H15NOS. The molecule has 3 rings (SSSR count). The van der Waals surface area contributed by atoms with Crippen molar-refractivity contribution in [1.82, 2.24) is 0 Å². The van der Waals surface area contributed by atoms with Crippen LogP contribution in [-0.2, 0) is 0 Å². The minimum absolute atomic E-state index is 0.107. The summed E-state index contributed by atoms with van der Waals surface area (Å²) in [7, 11) is 2.05. The lowest BCUT2D eigenvalue weighted by Gasteiger charge is -2.30. The summed E-state index contributed by atoms with van der Waals surface area (Å²) in [6.45, 7) is 3.71. The molecule has 0 atom stereocenters. The van der Waals surface area contributed by atoms with Crippen molar-refractivity contribution in [2.45, 2.75) is 23.6 Å². The Kier molecular flexibility index (Phi) is 2.86. The minimum Gasteiger partial charge on any atom is -0.343 e. The quantitative estimate of drug-likeness (QED) is 0.714. The maximum Gasteiger partial charge on any atom is 0.159 e. The monoisotopic (exact) mass is 269 g/mol. The van der Waals surface area contributed by atoms with Gasteiger partial charge < -0.3 is 4.90 Å². The van der Waals surface area contributed by atoms with Crippen molar-refractivity contribution in [2.75, 3.05) is 11.9 Å². The number of anilines is 2. The molecule has 1 aliphatic heterocycles. The Balaban J connectivity index is 2.13. The van der Waals surface area contributed by atoms with Gasteiger partial charge in [-0.25, -0.2) is 0 Å². The van der Waals surface area contributed by atoms with Gasteiger partial charge in [-0.3, -0.25) is 4.79 Å². The lowest BCUT2D eigenvalue weighted by atomic mass is 10.1. The summed E-state index contributed by atoms with van der Waals surface area (Å²) in [6.07, 6.45) is 0. The first-order chi connectivity index (χ1) is 9.06. The van der Waals surface area contributed by atoms with Gasteiger partial charge in [-0.1, -0.05) is 23.9 Å². The topological polar surface area (TPSA) is 20.3 Å². The molecule has 0 saturated carbocycles. The van der Waals surface area contributed by atoms with Crippen molar-refractivity contribution in [1.29, 1.82) is 0 Å². The molecule has 2 nitrogen and oxygen atoms in total. The summed E-state index contributed by atoms with van der Waals surface area (Å²) in [5, 5.41) is 0. The molecule has 0 fully saturated rings. The van der Waals surface area contributed by atoms with Crippen molar-refractivity contribution in [3.05, 3.63) is 47.5 Å². The fourth-order valence-electron chi connectivity index (χ4n) is 2.31. The number of fused-ring (bicyclic) bond motifs is 2. The average Bonchev–Trinajstić information content (AvgIpc) is 2.38. The predicted molar refractivity (Wildman–Crippen MR) is 79.8 cm³/mol. The Labute approximate surface area is 117 Å². The number of hydrogen-bond donors (Lipinski definition) is 0. The van der Waals surface area contributed by atoms with Crippen molar-refractivity contribution in [2.24, 2.45) is 0 Å². The number of carbonyl (C=O) groups is 1. The van der Waals surface area contributed by atoms with Crippen molar-refractivity contribution in [3.63, 3.8) is 0 Å². The summed E-state index contributed by atoms with van der Waals surface area (Å²) in [4.78, 5) is 16.1. The first-order valence-electron chi connectivity index (χ1n) is 6.23. The standard InChI is InChI=1S/C16H15NOS/c1-10-4-6-13-16(8-10)19-15-7-5-12(11(2)18)9-14(15)17(13)3/h4-9H,1-3H3. The van der Waals surface area contributed by atoms with E-state index < -0.39 is 0 Å². The Hall–Kier alpha value is -1.74. The molecular weight excluding hydrogens is 254 g/mol. The van der Waals surface area contributed by atoms with Gasteiger partial charge in [-0.05, 0) is 43.7 Å². The van der Waals surface area contributed by atoms with E-state index in [4.69, 9.17) is 0 Å². The van der Waals surface area contributed by atoms with Crippen LogP contribution in [0.4, 0.5) is 11.4 Å². The number of Topliss-reactive ketones (excluding diaryl/α,β-unsaturated/α-hetero) is 1. The smallest absolute Gasteiger partial charge is 0.159 e. The SMILES string of the molecule is CC(=O)c1ccc2c(c1)N(C)c1ccc(C)cc1S2. The van der Waals surface area contributed by atoms with Crippen LogP contribution in [-0.4, -0.2) is 12.8 Å². The zero-order valence-electron chi connectivity index (χ0n) is 11.2. The number of nitrogens with zero attached hydrogens (tertiary/aromatic N) is 1. The van der Waals surface area contributed by atoms with Gasteiger partial charge in [0, 0.05) is 22.4 Å². The molecule has 19 heavy (non-hydrogen) atoms. The highest BCUT2D eigenvalue weighted by molar-refractivity contribution is 7.99. The molecule has 0 unspecified atom stereocenters. The molecule has 3 heteroatoms. The van der Waals surface area contributed by atoms with E-state index in [1.54, 1.807) is 18.7 Å². The fraction of sp³-hybridized carbons (Fsp3) is 0.188. The number of hydrogen-bond acceptors (Lipinski definition) is 3. The van der Waals surface area contributed by atoms with Crippen LogP contribution in [0.2, 0.25) is 0 Å². The van der Waals surface area contributed by atoms with Crippen LogP contribution in [0.5, 0.6) is 0 Å². The predicted octanol–water partition coefficient (Wildman–Crippen LogP) is 4.43.